The highest BCUT2D eigenvalue weighted by atomic mass is 16.4. The van der Waals surface area contributed by atoms with E-state index >= 15 is 0 Å². The van der Waals surface area contributed by atoms with Crippen LogP contribution in [0.4, 0.5) is 5.69 Å². The predicted molar refractivity (Wildman–Crippen MR) is 112 cm³/mol. The molecule has 1 aliphatic rings. The average Bonchev–Trinajstić information content (AvgIpc) is 2.90. The first-order chi connectivity index (χ1) is 14.0. The Morgan fingerprint density at radius 2 is 1.66 bits per heavy atom. The maximum absolute atomic E-state index is 13.0. The number of benzodiazepines with no additional fused rings is 1. The lowest BCUT2D eigenvalue weighted by Crippen LogP contribution is -2.18. The van der Waals surface area contributed by atoms with E-state index in [1.165, 1.54) is 0 Å². The third-order valence-electron chi connectivity index (χ3n) is 5.10. The van der Waals surface area contributed by atoms with Crippen molar-refractivity contribution in [2.45, 2.75) is 18.9 Å². The number of nitrogens with one attached hydrogen (secondary N) is 1. The van der Waals surface area contributed by atoms with Crippen LogP contribution >= 0.6 is 0 Å². The van der Waals surface area contributed by atoms with E-state index in [9.17, 15) is 14.7 Å². The number of aliphatic imine (C=N–C) groups is 1. The molecule has 5 nitrogen and oxygen atoms in total. The molecule has 1 aliphatic heterocycles. The van der Waals surface area contributed by atoms with Gasteiger partial charge in [0, 0.05) is 11.1 Å². The van der Waals surface area contributed by atoms with Crippen LogP contribution in [0, 0.1) is 0 Å². The summed E-state index contributed by atoms with van der Waals surface area (Å²) in [5.74, 6) is -1.79. The molecule has 0 bridgehead atoms. The summed E-state index contributed by atoms with van der Waals surface area (Å²) in [6.45, 7) is 1.64. The van der Waals surface area contributed by atoms with E-state index in [2.05, 4.69) is 5.32 Å². The smallest absolute Gasteiger partial charge is 0.310 e. The zero-order chi connectivity index (χ0) is 20.4. The number of anilines is 1. The SMILES string of the molecule is CC(C(=O)O)c1ccc2c(c1)C(c1ccccc1)=NC(c1ccccc1)C(=O)N2. The molecule has 1 heterocycles. The van der Waals surface area contributed by atoms with Crippen LogP contribution in [0.3, 0.4) is 0 Å². The monoisotopic (exact) mass is 384 g/mol. The van der Waals surface area contributed by atoms with E-state index in [-0.39, 0.29) is 5.91 Å². The van der Waals surface area contributed by atoms with Gasteiger partial charge in [0.15, 0.2) is 6.04 Å². The number of nitrogens with zero attached hydrogens (tertiary/aromatic N) is 1. The van der Waals surface area contributed by atoms with Crippen LogP contribution in [0.5, 0.6) is 0 Å². The third kappa shape index (κ3) is 3.67. The first kappa shape index (κ1) is 18.6. The molecular weight excluding hydrogens is 364 g/mol. The molecule has 4 rings (SSSR count). The van der Waals surface area contributed by atoms with Gasteiger partial charge >= 0.3 is 5.97 Å². The van der Waals surface area contributed by atoms with Crippen LogP contribution in [0.15, 0.2) is 83.9 Å². The number of carboxylic acid groups (broad SMARTS) is 1. The number of aliphatic carboxylic acids is 1. The molecule has 5 heteroatoms. The number of carbonyl (C=O) groups is 2. The van der Waals surface area contributed by atoms with Gasteiger partial charge in [-0.25, -0.2) is 0 Å². The number of fused-ring (bicyclic) bond motifs is 1. The number of carbonyl (C=O) groups excluding carboxylic acids is 1. The van der Waals surface area contributed by atoms with Crippen molar-refractivity contribution in [3.05, 3.63) is 101 Å². The van der Waals surface area contributed by atoms with Crippen LogP contribution in [0.25, 0.3) is 0 Å². The molecule has 29 heavy (non-hydrogen) atoms. The van der Waals surface area contributed by atoms with Gasteiger partial charge in [-0.15, -0.1) is 0 Å². The Morgan fingerprint density at radius 1 is 1.00 bits per heavy atom. The summed E-state index contributed by atoms with van der Waals surface area (Å²) in [5.41, 5.74) is 4.32. The lowest BCUT2D eigenvalue weighted by molar-refractivity contribution is -0.138. The minimum atomic E-state index is -0.900. The lowest BCUT2D eigenvalue weighted by Gasteiger charge is -2.14. The Labute approximate surface area is 168 Å². The third-order valence-corrected chi connectivity index (χ3v) is 5.10. The number of benzene rings is 3. The van der Waals surface area contributed by atoms with Crippen LogP contribution in [-0.2, 0) is 9.59 Å². The summed E-state index contributed by atoms with van der Waals surface area (Å²) in [6, 6.07) is 23.7. The van der Waals surface area contributed by atoms with E-state index in [0.29, 0.717) is 22.5 Å². The van der Waals surface area contributed by atoms with Gasteiger partial charge in [0.05, 0.1) is 17.3 Å². The molecular formula is C24H20N2O3. The number of rotatable bonds is 4. The van der Waals surface area contributed by atoms with Gasteiger partial charge in [0.1, 0.15) is 0 Å². The first-order valence-electron chi connectivity index (χ1n) is 9.41. The van der Waals surface area contributed by atoms with Gasteiger partial charge in [-0.1, -0.05) is 66.7 Å². The van der Waals surface area contributed by atoms with E-state index in [1.807, 2.05) is 66.7 Å². The molecule has 0 aliphatic carbocycles. The Hall–Kier alpha value is -3.73. The summed E-state index contributed by atoms with van der Waals surface area (Å²) in [7, 11) is 0. The Morgan fingerprint density at radius 3 is 2.31 bits per heavy atom. The van der Waals surface area contributed by atoms with Crippen molar-refractivity contribution in [3.63, 3.8) is 0 Å². The summed E-state index contributed by atoms with van der Waals surface area (Å²) < 4.78 is 0. The zero-order valence-corrected chi connectivity index (χ0v) is 15.9. The molecule has 2 unspecified atom stereocenters. The molecule has 1 amide bonds. The van der Waals surface area contributed by atoms with Crippen LogP contribution in [-0.4, -0.2) is 22.7 Å². The molecule has 0 spiro atoms. The second-order valence-corrected chi connectivity index (χ2v) is 7.01. The van der Waals surface area contributed by atoms with Crippen molar-refractivity contribution < 1.29 is 14.7 Å². The first-order valence-corrected chi connectivity index (χ1v) is 9.41. The maximum atomic E-state index is 13.0. The zero-order valence-electron chi connectivity index (χ0n) is 15.9. The summed E-state index contributed by atoms with van der Waals surface area (Å²) >= 11 is 0. The second-order valence-electron chi connectivity index (χ2n) is 7.01. The van der Waals surface area contributed by atoms with Crippen molar-refractivity contribution in [1.82, 2.24) is 0 Å². The Balaban J connectivity index is 1.92. The van der Waals surface area contributed by atoms with Crippen molar-refractivity contribution in [3.8, 4) is 0 Å². The number of carboxylic acids is 1. The summed E-state index contributed by atoms with van der Waals surface area (Å²) in [6.07, 6.45) is 0. The fourth-order valence-corrected chi connectivity index (χ4v) is 3.42. The second kappa shape index (κ2) is 7.72. The summed E-state index contributed by atoms with van der Waals surface area (Å²) in [4.78, 5) is 29.3. The molecule has 0 saturated heterocycles. The van der Waals surface area contributed by atoms with Crippen LogP contribution in [0.2, 0.25) is 0 Å². The van der Waals surface area contributed by atoms with Gasteiger partial charge in [-0.3, -0.25) is 14.6 Å². The van der Waals surface area contributed by atoms with E-state index in [0.717, 1.165) is 11.1 Å². The summed E-state index contributed by atoms with van der Waals surface area (Å²) in [5, 5.41) is 12.4. The van der Waals surface area contributed by atoms with Crippen LogP contribution < -0.4 is 5.32 Å². The fraction of sp³-hybridized carbons (Fsp3) is 0.125. The van der Waals surface area contributed by atoms with Crippen molar-refractivity contribution in [2.75, 3.05) is 5.32 Å². The molecule has 0 radical (unpaired) electrons. The Kier molecular flexibility index (Phi) is 4.96. The fourth-order valence-electron chi connectivity index (χ4n) is 3.42. The molecule has 3 aromatic carbocycles. The topological polar surface area (TPSA) is 78.8 Å². The molecule has 0 aromatic heterocycles. The predicted octanol–water partition coefficient (Wildman–Crippen LogP) is 4.41. The van der Waals surface area contributed by atoms with E-state index in [4.69, 9.17) is 4.99 Å². The molecule has 0 saturated carbocycles. The lowest BCUT2D eigenvalue weighted by atomic mass is 9.94. The van der Waals surface area contributed by atoms with Crippen molar-refractivity contribution >= 4 is 23.3 Å². The highest BCUT2D eigenvalue weighted by Crippen LogP contribution is 2.32. The van der Waals surface area contributed by atoms with Crippen molar-refractivity contribution in [1.29, 1.82) is 0 Å². The highest BCUT2D eigenvalue weighted by Gasteiger charge is 2.28. The van der Waals surface area contributed by atoms with Gasteiger partial charge in [-0.2, -0.15) is 0 Å². The molecule has 144 valence electrons. The molecule has 2 N–H and O–H groups in total. The minimum Gasteiger partial charge on any atom is -0.481 e. The van der Waals surface area contributed by atoms with Crippen molar-refractivity contribution in [2.24, 2.45) is 4.99 Å². The van der Waals surface area contributed by atoms with E-state index < -0.39 is 17.9 Å². The average molecular weight is 384 g/mol. The van der Waals surface area contributed by atoms with Gasteiger partial charge in [0.25, 0.3) is 5.91 Å². The minimum absolute atomic E-state index is 0.220. The molecule has 2 atom stereocenters. The van der Waals surface area contributed by atoms with Gasteiger partial charge < -0.3 is 10.4 Å². The normalized spacial score (nSPS) is 16.8. The van der Waals surface area contributed by atoms with E-state index in [1.54, 1.807) is 19.1 Å². The quantitative estimate of drug-likeness (QED) is 0.699. The van der Waals surface area contributed by atoms with Gasteiger partial charge in [0.2, 0.25) is 0 Å². The van der Waals surface area contributed by atoms with Crippen LogP contribution in [0.1, 0.15) is 41.1 Å². The number of hydrogen-bond donors (Lipinski definition) is 2. The maximum Gasteiger partial charge on any atom is 0.310 e. The number of hydrogen-bond acceptors (Lipinski definition) is 3. The standard InChI is InChI=1S/C24H20N2O3/c1-15(24(28)29)18-12-13-20-19(14-18)21(16-8-4-2-5-9-16)26-22(23(27)25-20)17-10-6-3-7-11-17/h2-15,22H,1H3,(H,25,27)(H,28,29). The van der Waals surface area contributed by atoms with Gasteiger partial charge in [-0.05, 0) is 30.2 Å². The number of amides is 1. The highest BCUT2D eigenvalue weighted by molar-refractivity contribution is 6.19. The molecule has 0 fully saturated rings. The Bertz CT molecular complexity index is 1090. The largest absolute Gasteiger partial charge is 0.481 e. The molecule has 3 aromatic rings.